The molecule has 1 fully saturated rings. The van der Waals surface area contributed by atoms with Crippen molar-refractivity contribution in [2.75, 3.05) is 13.7 Å². The molecule has 1 aliphatic heterocycles. The molecule has 78 valence electrons. The minimum absolute atomic E-state index is 0.537. The van der Waals surface area contributed by atoms with Crippen LogP contribution in [0.15, 0.2) is 0 Å². The predicted molar refractivity (Wildman–Crippen MR) is 40.8 cm³/mol. The van der Waals surface area contributed by atoms with Crippen LogP contribution in [0.4, 0.5) is 0 Å². The summed E-state index contributed by atoms with van der Waals surface area (Å²) in [5.41, 5.74) is 0. The van der Waals surface area contributed by atoms with Crippen molar-refractivity contribution in [1.29, 1.82) is 0 Å². The molecule has 4 N–H and O–H groups in total. The van der Waals surface area contributed by atoms with Crippen molar-refractivity contribution in [1.82, 2.24) is 0 Å². The molecule has 0 spiro atoms. The van der Waals surface area contributed by atoms with Gasteiger partial charge in [-0.15, -0.1) is 0 Å². The molecule has 1 aliphatic rings. The zero-order chi connectivity index (χ0) is 10.0. The molecule has 1 unspecified atom stereocenters. The largest absolute Gasteiger partial charge is 0.394 e. The van der Waals surface area contributed by atoms with Crippen LogP contribution in [0.3, 0.4) is 0 Å². The van der Waals surface area contributed by atoms with Gasteiger partial charge in [0, 0.05) is 7.11 Å². The number of hydrogen-bond acceptors (Lipinski definition) is 6. The molecule has 0 aliphatic carbocycles. The standard InChI is InChI=1S/C7H14O6/c1-12-7-5(11)4(10)6(13-7)3(9)2-8/h3-11H,2H2,1H3/t3-,4-,5-,6+,7?/m1/s1. The SMILES string of the molecule is COC1O[C@@H]([C@H](O)CO)[C@H](O)[C@H]1O. The van der Waals surface area contributed by atoms with E-state index < -0.39 is 37.3 Å². The van der Waals surface area contributed by atoms with E-state index in [9.17, 15) is 10.2 Å². The predicted octanol–water partition coefficient (Wildman–Crippen LogP) is -2.57. The van der Waals surface area contributed by atoms with Gasteiger partial charge in [-0.25, -0.2) is 0 Å². The minimum Gasteiger partial charge on any atom is -0.394 e. The summed E-state index contributed by atoms with van der Waals surface area (Å²) in [6.45, 7) is -0.537. The van der Waals surface area contributed by atoms with Gasteiger partial charge in [0.25, 0.3) is 0 Å². The van der Waals surface area contributed by atoms with Crippen LogP contribution in [0.2, 0.25) is 0 Å². The Morgan fingerprint density at radius 1 is 1.38 bits per heavy atom. The summed E-state index contributed by atoms with van der Waals surface area (Å²) in [4.78, 5) is 0. The number of methoxy groups -OCH3 is 1. The zero-order valence-electron chi connectivity index (χ0n) is 7.20. The molecular weight excluding hydrogens is 180 g/mol. The Labute approximate surface area is 75.3 Å². The molecular formula is C7H14O6. The van der Waals surface area contributed by atoms with Crippen molar-refractivity contribution in [3.05, 3.63) is 0 Å². The van der Waals surface area contributed by atoms with Crippen LogP contribution in [0.1, 0.15) is 0 Å². The van der Waals surface area contributed by atoms with Gasteiger partial charge in [0.05, 0.1) is 6.61 Å². The van der Waals surface area contributed by atoms with Gasteiger partial charge in [-0.2, -0.15) is 0 Å². The van der Waals surface area contributed by atoms with Gasteiger partial charge in [0.1, 0.15) is 24.4 Å². The first kappa shape index (κ1) is 10.8. The van der Waals surface area contributed by atoms with Crippen LogP contribution >= 0.6 is 0 Å². The molecule has 0 radical (unpaired) electrons. The van der Waals surface area contributed by atoms with Gasteiger partial charge in [-0.1, -0.05) is 0 Å². The van der Waals surface area contributed by atoms with Gasteiger partial charge in [0.15, 0.2) is 6.29 Å². The normalized spacial score (nSPS) is 42.2. The molecule has 13 heavy (non-hydrogen) atoms. The van der Waals surface area contributed by atoms with Crippen molar-refractivity contribution in [3.8, 4) is 0 Å². The minimum atomic E-state index is -1.24. The molecule has 1 saturated heterocycles. The summed E-state index contributed by atoms with van der Waals surface area (Å²) in [6, 6.07) is 0. The second-order valence-corrected chi connectivity index (χ2v) is 2.94. The van der Waals surface area contributed by atoms with Gasteiger partial charge < -0.3 is 29.9 Å². The Hall–Kier alpha value is -0.240. The number of aliphatic hydroxyl groups is 4. The summed E-state index contributed by atoms with van der Waals surface area (Å²) in [6.07, 6.45) is -5.63. The Kier molecular flexibility index (Phi) is 3.60. The summed E-state index contributed by atoms with van der Waals surface area (Å²) < 4.78 is 9.65. The van der Waals surface area contributed by atoms with Crippen LogP contribution in [0, 0.1) is 0 Å². The molecule has 6 nitrogen and oxygen atoms in total. The third kappa shape index (κ3) is 1.98. The van der Waals surface area contributed by atoms with Crippen LogP contribution in [0.25, 0.3) is 0 Å². The summed E-state index contributed by atoms with van der Waals surface area (Å²) in [5.74, 6) is 0. The molecule has 0 saturated carbocycles. The highest BCUT2D eigenvalue weighted by atomic mass is 16.7. The van der Waals surface area contributed by atoms with Crippen molar-refractivity contribution in [2.24, 2.45) is 0 Å². The Balaban J connectivity index is 2.60. The van der Waals surface area contributed by atoms with E-state index in [1.807, 2.05) is 0 Å². The van der Waals surface area contributed by atoms with E-state index in [-0.39, 0.29) is 0 Å². The third-order valence-electron chi connectivity index (χ3n) is 2.06. The van der Waals surface area contributed by atoms with Gasteiger partial charge in [-0.3, -0.25) is 0 Å². The molecule has 0 aromatic carbocycles. The maximum Gasteiger partial charge on any atom is 0.186 e. The Bertz CT molecular complexity index is 163. The molecule has 5 atom stereocenters. The van der Waals surface area contributed by atoms with Crippen molar-refractivity contribution >= 4 is 0 Å². The molecule has 1 rings (SSSR count). The molecule has 6 heteroatoms. The Morgan fingerprint density at radius 2 is 2.00 bits per heavy atom. The lowest BCUT2D eigenvalue weighted by Gasteiger charge is -2.18. The molecule has 1 heterocycles. The van der Waals surface area contributed by atoms with Crippen molar-refractivity contribution in [3.63, 3.8) is 0 Å². The fourth-order valence-electron chi connectivity index (χ4n) is 1.29. The van der Waals surface area contributed by atoms with E-state index in [0.29, 0.717) is 0 Å². The quantitative estimate of drug-likeness (QED) is 0.394. The van der Waals surface area contributed by atoms with Crippen LogP contribution in [0.5, 0.6) is 0 Å². The first-order chi connectivity index (χ1) is 6.11. The van der Waals surface area contributed by atoms with Crippen molar-refractivity contribution in [2.45, 2.75) is 30.7 Å². The summed E-state index contributed by atoms with van der Waals surface area (Å²) in [7, 11) is 1.31. The smallest absolute Gasteiger partial charge is 0.186 e. The van der Waals surface area contributed by atoms with Gasteiger partial charge >= 0.3 is 0 Å². The lowest BCUT2D eigenvalue weighted by Crippen LogP contribution is -2.40. The van der Waals surface area contributed by atoms with E-state index in [0.717, 1.165) is 0 Å². The fourth-order valence-corrected chi connectivity index (χ4v) is 1.29. The maximum absolute atomic E-state index is 9.33. The average Bonchev–Trinajstić information content (AvgIpc) is 2.43. The van der Waals surface area contributed by atoms with E-state index >= 15 is 0 Å². The van der Waals surface area contributed by atoms with E-state index in [1.165, 1.54) is 7.11 Å². The second kappa shape index (κ2) is 4.32. The highest BCUT2D eigenvalue weighted by molar-refractivity contribution is 4.90. The first-order valence-electron chi connectivity index (χ1n) is 3.95. The molecule has 0 bridgehead atoms. The lowest BCUT2D eigenvalue weighted by atomic mass is 10.1. The molecule has 0 amide bonds. The van der Waals surface area contributed by atoms with Crippen molar-refractivity contribution < 1.29 is 29.9 Å². The van der Waals surface area contributed by atoms with Gasteiger partial charge in [0.2, 0.25) is 0 Å². The molecule has 0 aromatic heterocycles. The van der Waals surface area contributed by atoms with E-state index in [1.54, 1.807) is 0 Å². The fraction of sp³-hybridized carbons (Fsp3) is 1.00. The van der Waals surface area contributed by atoms with Crippen LogP contribution in [-0.4, -0.2) is 64.8 Å². The average molecular weight is 194 g/mol. The third-order valence-corrected chi connectivity index (χ3v) is 2.06. The summed E-state index contributed by atoms with van der Waals surface area (Å²) in [5, 5.41) is 36.4. The Morgan fingerprint density at radius 3 is 2.38 bits per heavy atom. The highest BCUT2D eigenvalue weighted by Crippen LogP contribution is 2.23. The van der Waals surface area contributed by atoms with Crippen LogP contribution < -0.4 is 0 Å². The van der Waals surface area contributed by atoms with E-state index in [4.69, 9.17) is 19.7 Å². The number of hydrogen-bond donors (Lipinski definition) is 4. The molecule has 0 aromatic rings. The monoisotopic (exact) mass is 194 g/mol. The number of aliphatic hydroxyl groups excluding tert-OH is 4. The van der Waals surface area contributed by atoms with Gasteiger partial charge in [-0.05, 0) is 0 Å². The first-order valence-corrected chi connectivity index (χ1v) is 3.95. The summed E-state index contributed by atoms with van der Waals surface area (Å²) >= 11 is 0. The number of rotatable bonds is 3. The maximum atomic E-state index is 9.33. The van der Waals surface area contributed by atoms with Crippen LogP contribution in [-0.2, 0) is 9.47 Å². The lowest BCUT2D eigenvalue weighted by molar-refractivity contribution is -0.166. The highest BCUT2D eigenvalue weighted by Gasteiger charge is 2.45. The van der Waals surface area contributed by atoms with E-state index in [2.05, 4.69) is 0 Å². The number of ether oxygens (including phenoxy) is 2. The second-order valence-electron chi connectivity index (χ2n) is 2.94. The topological polar surface area (TPSA) is 99.4 Å². The zero-order valence-corrected chi connectivity index (χ0v) is 7.20.